The molecule has 64 valence electrons. The summed E-state index contributed by atoms with van der Waals surface area (Å²) in [6, 6.07) is 0. The first kappa shape index (κ1) is 8.98. The summed E-state index contributed by atoms with van der Waals surface area (Å²) >= 11 is 0. The van der Waals surface area contributed by atoms with Gasteiger partial charge in [0.15, 0.2) is 5.78 Å². The lowest BCUT2D eigenvalue weighted by molar-refractivity contribution is -0.113. The number of allylic oxidation sites excluding steroid dienone is 5. The van der Waals surface area contributed by atoms with Gasteiger partial charge in [-0.15, -0.1) is 0 Å². The van der Waals surface area contributed by atoms with Crippen LogP contribution in [0.5, 0.6) is 0 Å². The van der Waals surface area contributed by atoms with Crippen molar-refractivity contribution in [2.24, 2.45) is 5.92 Å². The number of rotatable bonds is 2. The Bertz CT molecular complexity index is 269. The second-order valence-corrected chi connectivity index (χ2v) is 3.26. The third-order valence-corrected chi connectivity index (χ3v) is 2.14. The highest BCUT2D eigenvalue weighted by molar-refractivity contribution is 5.96. The first-order valence-corrected chi connectivity index (χ1v) is 4.16. The van der Waals surface area contributed by atoms with Gasteiger partial charge in [0.2, 0.25) is 0 Å². The van der Waals surface area contributed by atoms with Gasteiger partial charge in [-0.25, -0.2) is 0 Å². The third-order valence-electron chi connectivity index (χ3n) is 2.14. The van der Waals surface area contributed by atoms with Crippen LogP contribution in [0.15, 0.2) is 36.0 Å². The molecule has 1 atom stereocenters. The highest BCUT2D eigenvalue weighted by Crippen LogP contribution is 2.21. The van der Waals surface area contributed by atoms with Gasteiger partial charge in [0, 0.05) is 11.5 Å². The van der Waals surface area contributed by atoms with Crippen LogP contribution in [0.1, 0.15) is 20.3 Å². The van der Waals surface area contributed by atoms with E-state index in [0.717, 1.165) is 17.6 Å². The van der Waals surface area contributed by atoms with Crippen LogP contribution >= 0.6 is 0 Å². The Balaban J connectivity index is 2.68. The molecule has 0 fully saturated rings. The molecule has 1 unspecified atom stereocenters. The molecular weight excluding hydrogens is 148 g/mol. The summed E-state index contributed by atoms with van der Waals surface area (Å²) in [5, 5.41) is 0. The van der Waals surface area contributed by atoms with Gasteiger partial charge in [0.05, 0.1) is 0 Å². The number of hydrogen-bond acceptors (Lipinski definition) is 1. The molecule has 0 aromatic heterocycles. The zero-order valence-electron chi connectivity index (χ0n) is 7.63. The molecule has 1 aliphatic rings. The lowest BCUT2D eigenvalue weighted by atomic mass is 9.91. The van der Waals surface area contributed by atoms with E-state index in [9.17, 15) is 4.79 Å². The standard InChI is InChI=1S/C11H14O/c1-8(2)10-4-6-11(7-5-10)9(3)12/h4,6-7,10H,1,5H2,2-3H3. The third kappa shape index (κ3) is 1.94. The monoisotopic (exact) mass is 162 g/mol. The van der Waals surface area contributed by atoms with Crippen LogP contribution in [0.25, 0.3) is 0 Å². The van der Waals surface area contributed by atoms with E-state index >= 15 is 0 Å². The minimum atomic E-state index is 0.145. The van der Waals surface area contributed by atoms with Crippen LogP contribution in [-0.4, -0.2) is 5.78 Å². The molecule has 1 heteroatoms. The number of carbonyl (C=O) groups excluding carboxylic acids is 1. The molecule has 0 heterocycles. The van der Waals surface area contributed by atoms with Crippen LogP contribution in [0.3, 0.4) is 0 Å². The molecule has 0 amide bonds. The maximum Gasteiger partial charge on any atom is 0.159 e. The van der Waals surface area contributed by atoms with Crippen LogP contribution in [-0.2, 0) is 4.79 Å². The zero-order chi connectivity index (χ0) is 9.14. The molecule has 0 bridgehead atoms. The predicted octanol–water partition coefficient (Wildman–Crippen LogP) is 2.65. The van der Waals surface area contributed by atoms with E-state index in [4.69, 9.17) is 0 Å². The maximum atomic E-state index is 10.9. The highest BCUT2D eigenvalue weighted by atomic mass is 16.1. The van der Waals surface area contributed by atoms with Crippen molar-refractivity contribution in [2.45, 2.75) is 20.3 Å². The SMILES string of the molecule is C=C(C)C1C=CC(C(C)=O)=CC1. The first-order valence-electron chi connectivity index (χ1n) is 4.16. The molecule has 0 spiro atoms. The van der Waals surface area contributed by atoms with Crippen molar-refractivity contribution < 1.29 is 4.79 Å². The molecule has 1 aliphatic carbocycles. The van der Waals surface area contributed by atoms with Crippen LogP contribution in [0.2, 0.25) is 0 Å². The average molecular weight is 162 g/mol. The largest absolute Gasteiger partial charge is 0.295 e. The van der Waals surface area contributed by atoms with Crippen LogP contribution < -0.4 is 0 Å². The summed E-state index contributed by atoms with van der Waals surface area (Å²) in [7, 11) is 0. The van der Waals surface area contributed by atoms with E-state index in [-0.39, 0.29) is 5.78 Å². The Morgan fingerprint density at radius 1 is 1.58 bits per heavy atom. The molecule has 0 saturated heterocycles. The Hall–Kier alpha value is -1.11. The molecule has 0 aromatic carbocycles. The van der Waals surface area contributed by atoms with Crippen molar-refractivity contribution in [1.29, 1.82) is 0 Å². The molecule has 1 nitrogen and oxygen atoms in total. The van der Waals surface area contributed by atoms with Crippen molar-refractivity contribution in [3.8, 4) is 0 Å². The van der Waals surface area contributed by atoms with Crippen molar-refractivity contribution in [3.63, 3.8) is 0 Å². The van der Waals surface area contributed by atoms with E-state index in [2.05, 4.69) is 12.7 Å². The normalized spacial score (nSPS) is 21.8. The zero-order valence-corrected chi connectivity index (χ0v) is 7.63. The molecule has 0 aromatic rings. The molecule has 1 rings (SSSR count). The maximum absolute atomic E-state index is 10.9. The lowest BCUT2D eigenvalue weighted by Gasteiger charge is -2.14. The van der Waals surface area contributed by atoms with Crippen molar-refractivity contribution in [3.05, 3.63) is 36.0 Å². The van der Waals surface area contributed by atoms with Gasteiger partial charge < -0.3 is 0 Å². The topological polar surface area (TPSA) is 17.1 Å². The number of hydrogen-bond donors (Lipinski definition) is 0. The predicted molar refractivity (Wildman–Crippen MR) is 50.8 cm³/mol. The average Bonchev–Trinajstić information content (AvgIpc) is 2.04. The van der Waals surface area contributed by atoms with Crippen LogP contribution in [0, 0.1) is 5.92 Å². The lowest BCUT2D eigenvalue weighted by Crippen LogP contribution is -2.04. The van der Waals surface area contributed by atoms with Gasteiger partial charge in [-0.3, -0.25) is 4.79 Å². The molecule has 0 saturated carbocycles. The van der Waals surface area contributed by atoms with Gasteiger partial charge in [-0.1, -0.05) is 30.4 Å². The van der Waals surface area contributed by atoms with Crippen molar-refractivity contribution in [1.82, 2.24) is 0 Å². The first-order chi connectivity index (χ1) is 5.61. The van der Waals surface area contributed by atoms with E-state index in [1.54, 1.807) is 6.92 Å². The summed E-state index contributed by atoms with van der Waals surface area (Å²) in [5.41, 5.74) is 1.98. The Kier molecular flexibility index (Phi) is 2.64. The molecule has 12 heavy (non-hydrogen) atoms. The fraction of sp³-hybridized carbons (Fsp3) is 0.364. The van der Waals surface area contributed by atoms with Crippen LogP contribution in [0.4, 0.5) is 0 Å². The van der Waals surface area contributed by atoms with Gasteiger partial charge in [0.1, 0.15) is 0 Å². The smallest absolute Gasteiger partial charge is 0.159 e. The molecule has 0 radical (unpaired) electrons. The second kappa shape index (κ2) is 3.53. The Morgan fingerprint density at radius 3 is 2.58 bits per heavy atom. The second-order valence-electron chi connectivity index (χ2n) is 3.26. The van der Waals surface area contributed by atoms with E-state index < -0.39 is 0 Å². The number of carbonyl (C=O) groups is 1. The Morgan fingerprint density at radius 2 is 2.25 bits per heavy atom. The van der Waals surface area contributed by atoms with Gasteiger partial charge in [-0.2, -0.15) is 0 Å². The minimum Gasteiger partial charge on any atom is -0.295 e. The van der Waals surface area contributed by atoms with E-state index in [1.807, 2.05) is 19.1 Å². The fourth-order valence-electron chi connectivity index (χ4n) is 1.25. The fourth-order valence-corrected chi connectivity index (χ4v) is 1.25. The number of ketones is 1. The highest BCUT2D eigenvalue weighted by Gasteiger charge is 2.10. The molecular formula is C11H14O. The summed E-state index contributed by atoms with van der Waals surface area (Å²) in [6.45, 7) is 7.49. The molecule has 0 N–H and O–H groups in total. The minimum absolute atomic E-state index is 0.145. The van der Waals surface area contributed by atoms with Crippen molar-refractivity contribution >= 4 is 5.78 Å². The van der Waals surface area contributed by atoms with Gasteiger partial charge >= 0.3 is 0 Å². The van der Waals surface area contributed by atoms with E-state index in [0.29, 0.717) is 5.92 Å². The quantitative estimate of drug-likeness (QED) is 0.570. The number of Topliss-reactive ketones (excluding diaryl/α,β-unsaturated/α-hetero) is 1. The van der Waals surface area contributed by atoms with Gasteiger partial charge in [0.25, 0.3) is 0 Å². The van der Waals surface area contributed by atoms with Crippen molar-refractivity contribution in [2.75, 3.05) is 0 Å². The summed E-state index contributed by atoms with van der Waals surface area (Å²) in [6.07, 6.45) is 6.85. The van der Waals surface area contributed by atoms with E-state index in [1.165, 1.54) is 0 Å². The Labute approximate surface area is 73.5 Å². The summed E-state index contributed by atoms with van der Waals surface area (Å²) < 4.78 is 0. The molecule has 0 aliphatic heterocycles. The summed E-state index contributed by atoms with van der Waals surface area (Å²) in [5.74, 6) is 0.569. The summed E-state index contributed by atoms with van der Waals surface area (Å²) in [4.78, 5) is 10.9. The van der Waals surface area contributed by atoms with Gasteiger partial charge in [-0.05, 0) is 20.3 Å².